The van der Waals surface area contributed by atoms with Gasteiger partial charge in [-0.25, -0.2) is 0 Å². The molecule has 112 valence electrons. The quantitative estimate of drug-likeness (QED) is 0.684. The van der Waals surface area contributed by atoms with Crippen LogP contribution in [0.15, 0.2) is 48.5 Å². The van der Waals surface area contributed by atoms with Crippen LogP contribution in [0.25, 0.3) is 10.9 Å². The molecule has 3 aromatic rings. The number of hydrogen-bond acceptors (Lipinski definition) is 1. The highest BCUT2D eigenvalue weighted by atomic mass is 35.5. The summed E-state index contributed by atoms with van der Waals surface area (Å²) in [5.41, 5.74) is 5.54. The van der Waals surface area contributed by atoms with E-state index in [1.807, 2.05) is 6.07 Å². The summed E-state index contributed by atoms with van der Waals surface area (Å²) in [6.07, 6.45) is 1.10. The predicted octanol–water partition coefficient (Wildman–Crippen LogP) is 4.33. The maximum absolute atomic E-state index is 6.26. The molecule has 0 spiro atoms. The average Bonchev–Trinajstić information content (AvgIpc) is 2.81. The highest BCUT2D eigenvalue weighted by molar-refractivity contribution is 6.31. The SMILES string of the molecule is CN1CCc2c(c3ccc(Cl)cc3n2Cc2ccccc2)C1. The van der Waals surface area contributed by atoms with E-state index in [-0.39, 0.29) is 0 Å². The summed E-state index contributed by atoms with van der Waals surface area (Å²) < 4.78 is 2.46. The Bertz CT molecular complexity index is 820. The van der Waals surface area contributed by atoms with Crippen molar-refractivity contribution < 1.29 is 0 Å². The Balaban J connectivity index is 1.91. The van der Waals surface area contributed by atoms with Crippen molar-refractivity contribution in [2.24, 2.45) is 0 Å². The van der Waals surface area contributed by atoms with Gasteiger partial charge in [0.05, 0.1) is 5.52 Å². The fraction of sp³-hybridized carbons (Fsp3) is 0.263. The standard InChI is InChI=1S/C19H19ClN2/c1-21-10-9-18-17(13-21)16-8-7-15(20)11-19(16)22(18)12-14-5-3-2-4-6-14/h2-8,11H,9-10,12-13H2,1H3. The van der Waals surface area contributed by atoms with Crippen molar-refractivity contribution in [1.29, 1.82) is 0 Å². The van der Waals surface area contributed by atoms with Crippen molar-refractivity contribution in [3.63, 3.8) is 0 Å². The zero-order chi connectivity index (χ0) is 15.1. The molecule has 0 unspecified atom stereocenters. The van der Waals surface area contributed by atoms with Gasteiger partial charge in [-0.05, 0) is 30.3 Å². The Morgan fingerprint density at radius 3 is 2.73 bits per heavy atom. The number of hydrogen-bond donors (Lipinski definition) is 0. The van der Waals surface area contributed by atoms with E-state index in [2.05, 4.69) is 59.0 Å². The van der Waals surface area contributed by atoms with Crippen LogP contribution in [0.4, 0.5) is 0 Å². The zero-order valence-electron chi connectivity index (χ0n) is 12.7. The van der Waals surface area contributed by atoms with Crippen LogP contribution in [0.1, 0.15) is 16.8 Å². The topological polar surface area (TPSA) is 8.17 Å². The molecule has 0 saturated carbocycles. The lowest BCUT2D eigenvalue weighted by Gasteiger charge is -2.24. The van der Waals surface area contributed by atoms with Gasteiger partial charge in [-0.15, -0.1) is 0 Å². The molecule has 0 aliphatic carbocycles. The summed E-state index contributed by atoms with van der Waals surface area (Å²) in [5.74, 6) is 0. The van der Waals surface area contributed by atoms with E-state index in [1.54, 1.807) is 0 Å². The number of halogens is 1. The normalized spacial score (nSPS) is 15.2. The summed E-state index contributed by atoms with van der Waals surface area (Å²) in [6.45, 7) is 3.05. The molecule has 4 rings (SSSR count). The van der Waals surface area contributed by atoms with Crippen molar-refractivity contribution in [2.75, 3.05) is 13.6 Å². The van der Waals surface area contributed by atoms with Gasteiger partial charge >= 0.3 is 0 Å². The van der Waals surface area contributed by atoms with E-state index >= 15 is 0 Å². The molecule has 2 heterocycles. The predicted molar refractivity (Wildman–Crippen MR) is 92.5 cm³/mol. The molecule has 0 fully saturated rings. The van der Waals surface area contributed by atoms with Crippen LogP contribution >= 0.6 is 11.6 Å². The Morgan fingerprint density at radius 1 is 1.09 bits per heavy atom. The molecule has 0 N–H and O–H groups in total. The average molecular weight is 311 g/mol. The summed E-state index contributed by atoms with van der Waals surface area (Å²) in [4.78, 5) is 2.39. The Hall–Kier alpha value is -1.77. The molecule has 1 aliphatic heterocycles. The molecule has 0 atom stereocenters. The van der Waals surface area contributed by atoms with Gasteiger partial charge in [0.1, 0.15) is 0 Å². The Morgan fingerprint density at radius 2 is 1.91 bits per heavy atom. The van der Waals surface area contributed by atoms with Crippen LogP contribution in [0.2, 0.25) is 5.02 Å². The van der Waals surface area contributed by atoms with E-state index in [4.69, 9.17) is 11.6 Å². The Kier molecular flexibility index (Phi) is 3.44. The first-order chi connectivity index (χ1) is 10.7. The number of likely N-dealkylation sites (N-methyl/N-ethyl adjacent to an activating group) is 1. The van der Waals surface area contributed by atoms with E-state index < -0.39 is 0 Å². The van der Waals surface area contributed by atoms with Crippen LogP contribution in [0.5, 0.6) is 0 Å². The zero-order valence-corrected chi connectivity index (χ0v) is 13.5. The van der Waals surface area contributed by atoms with Gasteiger partial charge in [0.15, 0.2) is 0 Å². The second kappa shape index (κ2) is 5.45. The smallest absolute Gasteiger partial charge is 0.0504 e. The number of benzene rings is 2. The van der Waals surface area contributed by atoms with Crippen molar-refractivity contribution in [3.05, 3.63) is 70.4 Å². The van der Waals surface area contributed by atoms with E-state index in [0.717, 1.165) is 31.1 Å². The summed E-state index contributed by atoms with van der Waals surface area (Å²) in [6, 6.07) is 17.0. The fourth-order valence-electron chi connectivity index (χ4n) is 3.50. The summed E-state index contributed by atoms with van der Waals surface area (Å²) >= 11 is 6.26. The third kappa shape index (κ3) is 2.33. The first-order valence-electron chi connectivity index (χ1n) is 7.74. The van der Waals surface area contributed by atoms with Gasteiger partial charge < -0.3 is 9.47 Å². The minimum Gasteiger partial charge on any atom is -0.340 e. The van der Waals surface area contributed by atoms with Crippen LogP contribution < -0.4 is 0 Å². The van der Waals surface area contributed by atoms with Crippen LogP contribution in [0.3, 0.4) is 0 Å². The largest absolute Gasteiger partial charge is 0.340 e. The first-order valence-corrected chi connectivity index (χ1v) is 8.12. The van der Waals surface area contributed by atoms with Gasteiger partial charge in [0, 0.05) is 42.2 Å². The second-order valence-corrected chi connectivity index (χ2v) is 6.58. The lowest BCUT2D eigenvalue weighted by molar-refractivity contribution is 0.310. The second-order valence-electron chi connectivity index (χ2n) is 6.15. The minimum absolute atomic E-state index is 0.810. The van der Waals surface area contributed by atoms with E-state index in [1.165, 1.54) is 27.7 Å². The molecule has 2 aromatic carbocycles. The van der Waals surface area contributed by atoms with Crippen molar-refractivity contribution in [3.8, 4) is 0 Å². The lowest BCUT2D eigenvalue weighted by atomic mass is 10.1. The molecule has 0 radical (unpaired) electrons. The van der Waals surface area contributed by atoms with E-state index in [0.29, 0.717) is 0 Å². The first kappa shape index (κ1) is 13.9. The molecule has 22 heavy (non-hydrogen) atoms. The monoisotopic (exact) mass is 310 g/mol. The molecule has 2 nitrogen and oxygen atoms in total. The van der Waals surface area contributed by atoms with Gasteiger partial charge in [0.25, 0.3) is 0 Å². The van der Waals surface area contributed by atoms with E-state index in [9.17, 15) is 0 Å². The van der Waals surface area contributed by atoms with Crippen LogP contribution in [0, 0.1) is 0 Å². The molecular weight excluding hydrogens is 292 g/mol. The summed E-state index contributed by atoms with van der Waals surface area (Å²) in [7, 11) is 2.19. The van der Waals surface area contributed by atoms with Gasteiger partial charge in [-0.1, -0.05) is 48.0 Å². The molecule has 0 amide bonds. The van der Waals surface area contributed by atoms with Gasteiger partial charge in [-0.2, -0.15) is 0 Å². The molecule has 0 bridgehead atoms. The van der Waals surface area contributed by atoms with Crippen molar-refractivity contribution in [1.82, 2.24) is 9.47 Å². The van der Waals surface area contributed by atoms with Crippen molar-refractivity contribution >= 4 is 22.5 Å². The van der Waals surface area contributed by atoms with Crippen LogP contribution in [-0.4, -0.2) is 23.1 Å². The number of nitrogens with zero attached hydrogens (tertiary/aromatic N) is 2. The number of rotatable bonds is 2. The van der Waals surface area contributed by atoms with Gasteiger partial charge in [-0.3, -0.25) is 0 Å². The number of fused-ring (bicyclic) bond motifs is 3. The third-order valence-electron chi connectivity index (χ3n) is 4.59. The van der Waals surface area contributed by atoms with Crippen LogP contribution in [-0.2, 0) is 19.5 Å². The molecule has 1 aromatic heterocycles. The third-order valence-corrected chi connectivity index (χ3v) is 4.83. The van der Waals surface area contributed by atoms with Gasteiger partial charge in [0.2, 0.25) is 0 Å². The highest BCUT2D eigenvalue weighted by Crippen LogP contribution is 2.32. The maximum atomic E-state index is 6.26. The fourth-order valence-corrected chi connectivity index (χ4v) is 3.67. The Labute approximate surface area is 135 Å². The minimum atomic E-state index is 0.810. The molecular formula is C19H19ClN2. The maximum Gasteiger partial charge on any atom is 0.0504 e. The molecule has 3 heteroatoms. The highest BCUT2D eigenvalue weighted by Gasteiger charge is 2.22. The molecule has 1 aliphatic rings. The number of aromatic nitrogens is 1. The summed E-state index contributed by atoms with van der Waals surface area (Å²) in [5, 5.41) is 2.16. The molecule has 0 saturated heterocycles. The lowest BCUT2D eigenvalue weighted by Crippen LogP contribution is -2.27. The van der Waals surface area contributed by atoms with Crippen molar-refractivity contribution in [2.45, 2.75) is 19.5 Å².